The third-order valence-corrected chi connectivity index (χ3v) is 5.53. The fraction of sp³-hybridized carbons (Fsp3) is 0.800. The molecule has 0 bridgehead atoms. The van der Waals surface area contributed by atoms with Crippen LogP contribution < -0.4 is 0 Å². The Labute approximate surface area is 142 Å². The maximum absolute atomic E-state index is 10.3. The molecule has 132 valence electrons. The Hall–Kier alpha value is -0.640. The molecule has 1 fully saturated rings. The van der Waals surface area contributed by atoms with E-state index in [1.807, 2.05) is 13.0 Å². The van der Waals surface area contributed by atoms with E-state index in [0.717, 1.165) is 19.3 Å². The molecule has 0 saturated heterocycles. The Morgan fingerprint density at radius 1 is 1.30 bits per heavy atom. The quantitative estimate of drug-likeness (QED) is 0.505. The lowest BCUT2D eigenvalue weighted by molar-refractivity contribution is 0.140. The van der Waals surface area contributed by atoms with Crippen LogP contribution in [0.25, 0.3) is 0 Å². The van der Waals surface area contributed by atoms with E-state index in [2.05, 4.69) is 31.1 Å². The lowest BCUT2D eigenvalue weighted by atomic mass is 9.88. The van der Waals surface area contributed by atoms with Crippen molar-refractivity contribution in [2.24, 2.45) is 17.8 Å². The van der Waals surface area contributed by atoms with Gasteiger partial charge in [0.05, 0.1) is 12.2 Å². The highest BCUT2D eigenvalue weighted by atomic mass is 16.3. The van der Waals surface area contributed by atoms with Crippen LogP contribution in [0, 0.1) is 17.8 Å². The molecule has 0 aromatic carbocycles. The molecule has 2 N–H and O–H groups in total. The molecule has 3 heteroatoms. The maximum atomic E-state index is 10.3. The Bertz CT molecular complexity index is 416. The molecular formula is C20H35NO2. The number of fused-ring (bicyclic) bond motifs is 1. The van der Waals surface area contributed by atoms with Crippen LogP contribution in [0.2, 0.25) is 0 Å². The molecule has 1 saturated carbocycles. The first-order chi connectivity index (χ1) is 11.0. The number of allylic oxidation sites excluding steroid dienone is 2. The molecule has 0 aliphatic heterocycles. The van der Waals surface area contributed by atoms with Gasteiger partial charge >= 0.3 is 0 Å². The fourth-order valence-corrected chi connectivity index (χ4v) is 4.14. The van der Waals surface area contributed by atoms with Crippen LogP contribution in [0.1, 0.15) is 51.9 Å². The predicted octanol–water partition coefficient (Wildman–Crippen LogP) is 3.38. The summed E-state index contributed by atoms with van der Waals surface area (Å²) in [5.74, 6) is 1.33. The zero-order valence-corrected chi connectivity index (χ0v) is 15.1. The molecule has 0 radical (unpaired) electrons. The van der Waals surface area contributed by atoms with Gasteiger partial charge in [0.1, 0.15) is 0 Å². The van der Waals surface area contributed by atoms with Crippen LogP contribution in [-0.4, -0.2) is 48.0 Å². The van der Waals surface area contributed by atoms with E-state index in [-0.39, 0.29) is 18.1 Å². The number of hydrogen-bond acceptors (Lipinski definition) is 3. The summed E-state index contributed by atoms with van der Waals surface area (Å²) in [5, 5.41) is 20.0. The zero-order valence-electron chi connectivity index (χ0n) is 15.1. The van der Waals surface area contributed by atoms with E-state index in [4.69, 9.17) is 0 Å². The molecule has 0 aromatic heterocycles. The van der Waals surface area contributed by atoms with E-state index < -0.39 is 0 Å². The van der Waals surface area contributed by atoms with Gasteiger partial charge in [-0.05, 0) is 71.0 Å². The van der Waals surface area contributed by atoms with Crippen molar-refractivity contribution in [2.75, 3.05) is 20.6 Å². The van der Waals surface area contributed by atoms with Gasteiger partial charge in [0, 0.05) is 5.92 Å². The number of rotatable bonds is 9. The summed E-state index contributed by atoms with van der Waals surface area (Å²) in [6, 6.07) is 0. The van der Waals surface area contributed by atoms with Gasteiger partial charge in [0.2, 0.25) is 0 Å². The van der Waals surface area contributed by atoms with Crippen molar-refractivity contribution in [2.45, 2.75) is 64.1 Å². The van der Waals surface area contributed by atoms with Crippen LogP contribution in [0.3, 0.4) is 0 Å². The predicted molar refractivity (Wildman–Crippen MR) is 96.3 cm³/mol. The zero-order chi connectivity index (χ0) is 16.8. The SMILES string of the molecule is CC[C@@H](O)/C=C/[C@@H]1[C@H]2CC(CCCCCN(C)C)=C[C@H]2C[C@H]1O. The average molecular weight is 322 g/mol. The van der Waals surface area contributed by atoms with Crippen molar-refractivity contribution in [3.05, 3.63) is 23.8 Å². The minimum Gasteiger partial charge on any atom is -0.392 e. The van der Waals surface area contributed by atoms with Crippen LogP contribution in [0.15, 0.2) is 23.8 Å². The molecule has 5 atom stereocenters. The number of aliphatic hydroxyl groups is 2. The van der Waals surface area contributed by atoms with Gasteiger partial charge in [0.25, 0.3) is 0 Å². The monoisotopic (exact) mass is 321 g/mol. The van der Waals surface area contributed by atoms with Crippen molar-refractivity contribution in [1.82, 2.24) is 4.90 Å². The molecule has 0 aromatic rings. The second-order valence-electron chi connectivity index (χ2n) is 7.71. The number of aliphatic hydroxyl groups excluding tert-OH is 2. The van der Waals surface area contributed by atoms with Crippen LogP contribution in [0.4, 0.5) is 0 Å². The largest absolute Gasteiger partial charge is 0.392 e. The summed E-state index contributed by atoms with van der Waals surface area (Å²) in [5.41, 5.74) is 1.60. The minimum absolute atomic E-state index is 0.226. The van der Waals surface area contributed by atoms with Crippen molar-refractivity contribution < 1.29 is 10.2 Å². The van der Waals surface area contributed by atoms with Gasteiger partial charge < -0.3 is 15.1 Å². The second-order valence-corrected chi connectivity index (χ2v) is 7.71. The molecule has 0 unspecified atom stereocenters. The van der Waals surface area contributed by atoms with E-state index in [1.54, 1.807) is 5.57 Å². The van der Waals surface area contributed by atoms with Crippen LogP contribution >= 0.6 is 0 Å². The first-order valence-corrected chi connectivity index (χ1v) is 9.40. The van der Waals surface area contributed by atoms with Crippen molar-refractivity contribution in [3.8, 4) is 0 Å². The molecule has 3 nitrogen and oxygen atoms in total. The topological polar surface area (TPSA) is 43.7 Å². The summed E-state index contributed by atoms with van der Waals surface area (Å²) >= 11 is 0. The van der Waals surface area contributed by atoms with Gasteiger partial charge in [-0.25, -0.2) is 0 Å². The van der Waals surface area contributed by atoms with Gasteiger partial charge in [0.15, 0.2) is 0 Å². The molecule has 2 aliphatic carbocycles. The maximum Gasteiger partial charge on any atom is 0.0718 e. The fourth-order valence-electron chi connectivity index (χ4n) is 4.14. The van der Waals surface area contributed by atoms with Gasteiger partial charge in [-0.2, -0.15) is 0 Å². The van der Waals surface area contributed by atoms with Gasteiger partial charge in [-0.15, -0.1) is 0 Å². The highest BCUT2D eigenvalue weighted by Gasteiger charge is 2.43. The molecule has 2 rings (SSSR count). The smallest absolute Gasteiger partial charge is 0.0718 e. The van der Waals surface area contributed by atoms with Crippen LogP contribution in [-0.2, 0) is 0 Å². The van der Waals surface area contributed by atoms with Crippen LogP contribution in [0.5, 0.6) is 0 Å². The van der Waals surface area contributed by atoms with Crippen molar-refractivity contribution in [3.63, 3.8) is 0 Å². The normalized spacial score (nSPS) is 31.8. The lowest BCUT2D eigenvalue weighted by Gasteiger charge is -2.18. The molecule has 2 aliphatic rings. The van der Waals surface area contributed by atoms with E-state index in [0.29, 0.717) is 11.8 Å². The standard InChI is InChI=1S/C20H35NO2/c1-4-17(22)9-10-18-19-13-15(12-16(19)14-20(18)23)8-6-5-7-11-21(2)3/h9-10,12,16-20,22-23H,4-8,11,13-14H2,1-3H3/b10-9+/t16-,17+,18+,19-,20+/m0/s1. The number of unbranched alkanes of at least 4 members (excludes halogenated alkanes) is 2. The Balaban J connectivity index is 1.77. The highest BCUT2D eigenvalue weighted by Crippen LogP contribution is 2.48. The molecule has 0 heterocycles. The lowest BCUT2D eigenvalue weighted by Crippen LogP contribution is -2.17. The van der Waals surface area contributed by atoms with Crippen molar-refractivity contribution in [1.29, 1.82) is 0 Å². The molecular weight excluding hydrogens is 286 g/mol. The molecule has 0 spiro atoms. The summed E-state index contributed by atoms with van der Waals surface area (Å²) in [6.45, 7) is 3.16. The second kappa shape index (κ2) is 9.00. The third kappa shape index (κ3) is 5.44. The van der Waals surface area contributed by atoms with Gasteiger partial charge in [-0.1, -0.05) is 37.1 Å². The Morgan fingerprint density at radius 3 is 2.78 bits per heavy atom. The Kier molecular flexibility index (Phi) is 7.32. The van der Waals surface area contributed by atoms with Crippen molar-refractivity contribution >= 4 is 0 Å². The Morgan fingerprint density at radius 2 is 2.09 bits per heavy atom. The number of hydrogen-bond donors (Lipinski definition) is 2. The summed E-state index contributed by atoms with van der Waals surface area (Å²) in [7, 11) is 4.27. The first-order valence-electron chi connectivity index (χ1n) is 9.40. The summed E-state index contributed by atoms with van der Waals surface area (Å²) in [4.78, 5) is 2.25. The molecule has 0 amide bonds. The summed E-state index contributed by atoms with van der Waals surface area (Å²) in [6.07, 6.45) is 13.7. The minimum atomic E-state index is -0.369. The number of nitrogens with zero attached hydrogens (tertiary/aromatic N) is 1. The van der Waals surface area contributed by atoms with E-state index in [9.17, 15) is 10.2 Å². The van der Waals surface area contributed by atoms with E-state index in [1.165, 1.54) is 32.2 Å². The molecule has 23 heavy (non-hydrogen) atoms. The third-order valence-electron chi connectivity index (χ3n) is 5.53. The van der Waals surface area contributed by atoms with Gasteiger partial charge in [-0.3, -0.25) is 0 Å². The highest BCUT2D eigenvalue weighted by molar-refractivity contribution is 5.20. The van der Waals surface area contributed by atoms with E-state index >= 15 is 0 Å². The first kappa shape index (κ1) is 18.7. The summed E-state index contributed by atoms with van der Waals surface area (Å²) < 4.78 is 0. The average Bonchev–Trinajstić information content (AvgIpc) is 3.01.